The van der Waals surface area contributed by atoms with Gasteiger partial charge in [-0.25, -0.2) is 4.98 Å². The Morgan fingerprint density at radius 1 is 1.23 bits per heavy atom. The molecule has 1 aliphatic heterocycles. The van der Waals surface area contributed by atoms with E-state index in [0.29, 0.717) is 18.0 Å². The predicted molar refractivity (Wildman–Crippen MR) is 98.8 cm³/mol. The fourth-order valence-electron chi connectivity index (χ4n) is 3.56. The van der Waals surface area contributed by atoms with Gasteiger partial charge >= 0.3 is 0 Å². The molecule has 0 saturated carbocycles. The Bertz CT molecular complexity index is 957. The van der Waals surface area contributed by atoms with Gasteiger partial charge in [0.05, 0.1) is 18.4 Å². The first kappa shape index (κ1) is 18.4. The third kappa shape index (κ3) is 2.96. The van der Waals surface area contributed by atoms with Crippen molar-refractivity contribution in [1.29, 1.82) is 0 Å². The van der Waals surface area contributed by atoms with Crippen LogP contribution < -0.4 is 5.56 Å². The summed E-state index contributed by atoms with van der Waals surface area (Å²) in [5.74, 6) is 2.05. The Kier molecular flexibility index (Phi) is 5.00. The van der Waals surface area contributed by atoms with E-state index < -0.39 is 0 Å². The highest BCUT2D eigenvalue weighted by Gasteiger charge is 2.22. The van der Waals surface area contributed by atoms with E-state index >= 15 is 0 Å². The van der Waals surface area contributed by atoms with Crippen LogP contribution in [0.3, 0.4) is 0 Å². The first-order chi connectivity index (χ1) is 12.1. The van der Waals surface area contributed by atoms with E-state index in [1.165, 1.54) is 0 Å². The largest absolute Gasteiger partial charge is 0.381 e. The van der Waals surface area contributed by atoms with Gasteiger partial charge < -0.3 is 13.8 Å². The quantitative estimate of drug-likeness (QED) is 0.719. The van der Waals surface area contributed by atoms with E-state index in [2.05, 4.69) is 10.1 Å². The minimum atomic E-state index is -0.0363. The minimum Gasteiger partial charge on any atom is -0.381 e. The number of rotatable bonds is 3. The van der Waals surface area contributed by atoms with Crippen molar-refractivity contribution in [2.45, 2.75) is 53.5 Å². The molecule has 4 heterocycles. The molecule has 4 rings (SSSR count). The second-order valence-corrected chi connectivity index (χ2v) is 6.72. The van der Waals surface area contributed by atoms with Gasteiger partial charge in [-0.15, -0.1) is 0 Å². The van der Waals surface area contributed by atoms with Gasteiger partial charge in [0.1, 0.15) is 17.1 Å². The topological polar surface area (TPSA) is 74.6 Å². The average molecular weight is 358 g/mol. The molecule has 3 aromatic heterocycles. The van der Waals surface area contributed by atoms with Gasteiger partial charge in [-0.05, 0) is 33.6 Å². The standard InChI is InChI=1S/C18H22N4O3.CH4/c1-11-9-22-16(8-19-17(22)14-4-6-24-7-5-14)18(23)21(11)10-15-12(2)20-25-13(15)3;/h8-9,14H,4-7,10H2,1-3H3;1H4. The number of nitrogens with zero attached hydrogens (tertiary/aromatic N) is 4. The third-order valence-corrected chi connectivity index (χ3v) is 5.12. The number of fused-ring (bicyclic) bond motifs is 1. The van der Waals surface area contributed by atoms with Crippen LogP contribution in [0.15, 0.2) is 21.7 Å². The van der Waals surface area contributed by atoms with E-state index in [4.69, 9.17) is 9.26 Å². The Morgan fingerprint density at radius 3 is 2.62 bits per heavy atom. The van der Waals surface area contributed by atoms with Gasteiger partial charge in [-0.3, -0.25) is 9.20 Å². The van der Waals surface area contributed by atoms with Crippen molar-refractivity contribution >= 4 is 5.52 Å². The van der Waals surface area contributed by atoms with E-state index in [-0.39, 0.29) is 13.0 Å². The summed E-state index contributed by atoms with van der Waals surface area (Å²) in [7, 11) is 0. The zero-order valence-electron chi connectivity index (χ0n) is 14.8. The van der Waals surface area contributed by atoms with Gasteiger partial charge in [0.25, 0.3) is 5.56 Å². The molecule has 1 fully saturated rings. The van der Waals surface area contributed by atoms with Crippen LogP contribution in [0, 0.1) is 20.8 Å². The lowest BCUT2D eigenvalue weighted by Crippen LogP contribution is -2.26. The van der Waals surface area contributed by atoms with E-state index in [0.717, 1.165) is 54.6 Å². The highest BCUT2D eigenvalue weighted by molar-refractivity contribution is 5.45. The lowest BCUT2D eigenvalue weighted by molar-refractivity contribution is 0.0835. The molecular weight excluding hydrogens is 332 g/mol. The van der Waals surface area contributed by atoms with Crippen LogP contribution in [0.4, 0.5) is 0 Å². The molecule has 1 saturated heterocycles. The molecule has 0 bridgehead atoms. The monoisotopic (exact) mass is 358 g/mol. The normalized spacial score (nSPS) is 15.3. The molecule has 0 N–H and O–H groups in total. The summed E-state index contributed by atoms with van der Waals surface area (Å²) in [4.78, 5) is 17.6. The van der Waals surface area contributed by atoms with Gasteiger partial charge in [-0.1, -0.05) is 12.6 Å². The molecule has 7 nitrogen and oxygen atoms in total. The predicted octanol–water partition coefficient (Wildman–Crippen LogP) is 2.99. The molecule has 0 radical (unpaired) electrons. The molecule has 3 aromatic rings. The van der Waals surface area contributed by atoms with Crippen molar-refractivity contribution in [3.8, 4) is 0 Å². The SMILES string of the molecule is C.Cc1noc(C)c1Cn1c(C)cn2c(C3CCOCC3)ncc2c1=O. The van der Waals surface area contributed by atoms with E-state index in [1.54, 1.807) is 10.8 Å². The Hall–Kier alpha value is -2.41. The fraction of sp³-hybridized carbons (Fsp3) is 0.526. The van der Waals surface area contributed by atoms with Crippen LogP contribution in [-0.4, -0.2) is 32.3 Å². The lowest BCUT2D eigenvalue weighted by Gasteiger charge is -2.21. The first-order valence-electron chi connectivity index (χ1n) is 8.63. The van der Waals surface area contributed by atoms with Crippen LogP contribution >= 0.6 is 0 Å². The molecule has 26 heavy (non-hydrogen) atoms. The smallest absolute Gasteiger partial charge is 0.276 e. The maximum atomic E-state index is 13.0. The molecule has 0 aromatic carbocycles. The highest BCUT2D eigenvalue weighted by Crippen LogP contribution is 2.26. The fourth-order valence-corrected chi connectivity index (χ4v) is 3.56. The van der Waals surface area contributed by atoms with Crippen molar-refractivity contribution in [2.24, 2.45) is 0 Å². The number of aromatic nitrogens is 4. The van der Waals surface area contributed by atoms with Crippen molar-refractivity contribution in [1.82, 2.24) is 19.1 Å². The van der Waals surface area contributed by atoms with Crippen molar-refractivity contribution in [2.75, 3.05) is 13.2 Å². The van der Waals surface area contributed by atoms with Gasteiger partial charge in [-0.2, -0.15) is 0 Å². The summed E-state index contributed by atoms with van der Waals surface area (Å²) in [6.07, 6.45) is 5.59. The molecule has 0 spiro atoms. The van der Waals surface area contributed by atoms with Gasteiger partial charge in [0.2, 0.25) is 0 Å². The van der Waals surface area contributed by atoms with Gasteiger partial charge in [0, 0.05) is 36.6 Å². The number of aryl methyl sites for hydroxylation is 3. The molecule has 0 aliphatic carbocycles. The number of imidazole rings is 1. The van der Waals surface area contributed by atoms with E-state index in [9.17, 15) is 4.79 Å². The molecule has 140 valence electrons. The summed E-state index contributed by atoms with van der Waals surface area (Å²) < 4.78 is 14.4. The second kappa shape index (κ2) is 7.07. The van der Waals surface area contributed by atoms with Crippen molar-refractivity contribution < 1.29 is 9.26 Å². The zero-order valence-corrected chi connectivity index (χ0v) is 14.8. The Morgan fingerprint density at radius 2 is 1.96 bits per heavy atom. The third-order valence-electron chi connectivity index (χ3n) is 5.12. The maximum absolute atomic E-state index is 13.0. The number of hydrogen-bond acceptors (Lipinski definition) is 5. The second-order valence-electron chi connectivity index (χ2n) is 6.72. The highest BCUT2D eigenvalue weighted by atomic mass is 16.5. The minimum absolute atomic E-state index is 0. The Labute approximate surface area is 152 Å². The van der Waals surface area contributed by atoms with Crippen molar-refractivity contribution in [3.63, 3.8) is 0 Å². The summed E-state index contributed by atoms with van der Waals surface area (Å²) in [5.41, 5.74) is 3.24. The summed E-state index contributed by atoms with van der Waals surface area (Å²) >= 11 is 0. The van der Waals surface area contributed by atoms with Crippen LogP contribution in [0.5, 0.6) is 0 Å². The number of hydrogen-bond donors (Lipinski definition) is 0. The van der Waals surface area contributed by atoms with Gasteiger partial charge in [0.15, 0.2) is 0 Å². The average Bonchev–Trinajstić information content (AvgIpc) is 3.17. The lowest BCUT2D eigenvalue weighted by atomic mass is 10.00. The Balaban J connectivity index is 0.00000196. The molecule has 0 unspecified atom stereocenters. The molecule has 7 heteroatoms. The number of ether oxygens (including phenoxy) is 1. The zero-order chi connectivity index (χ0) is 17.6. The summed E-state index contributed by atoms with van der Waals surface area (Å²) in [6.45, 7) is 7.68. The summed E-state index contributed by atoms with van der Waals surface area (Å²) in [6, 6.07) is 0. The summed E-state index contributed by atoms with van der Waals surface area (Å²) in [5, 5.41) is 3.98. The van der Waals surface area contributed by atoms with E-state index in [1.807, 2.05) is 31.4 Å². The maximum Gasteiger partial charge on any atom is 0.276 e. The molecule has 0 atom stereocenters. The molecule has 0 amide bonds. The van der Waals surface area contributed by atoms with Crippen LogP contribution in [0.1, 0.15) is 54.7 Å². The molecular formula is C19H26N4O3. The van der Waals surface area contributed by atoms with Crippen LogP contribution in [0.25, 0.3) is 5.52 Å². The molecule has 1 aliphatic rings. The van der Waals surface area contributed by atoms with Crippen LogP contribution in [-0.2, 0) is 11.3 Å². The van der Waals surface area contributed by atoms with Crippen molar-refractivity contribution in [3.05, 3.63) is 51.3 Å². The van der Waals surface area contributed by atoms with Crippen LogP contribution in [0.2, 0.25) is 0 Å². The first-order valence-corrected chi connectivity index (χ1v) is 8.63.